The summed E-state index contributed by atoms with van der Waals surface area (Å²) < 4.78 is 11.5. The molecule has 0 heterocycles. The van der Waals surface area contributed by atoms with E-state index in [9.17, 15) is 4.48 Å². The zero-order valence-corrected chi connectivity index (χ0v) is 5.19. The van der Waals surface area contributed by atoms with Crippen LogP contribution in [0.5, 0.6) is 0 Å². The average molecular weight is 121 g/mol. The zero-order chi connectivity index (χ0) is 6.57. The Morgan fingerprint density at radius 3 is 2.12 bits per heavy atom. The fourth-order valence-electron chi connectivity index (χ4n) is 0.371. The Hall–Kier alpha value is -0.150. The van der Waals surface area contributed by atoms with Crippen molar-refractivity contribution in [2.24, 2.45) is 5.92 Å². The number of rotatable bonds is 3. The van der Waals surface area contributed by atoms with Crippen molar-refractivity contribution in [1.29, 1.82) is 0 Å². The Bertz CT molecular complexity index is 54.4. The molecule has 0 aliphatic rings. The van der Waals surface area contributed by atoms with Crippen molar-refractivity contribution in [1.82, 2.24) is 5.54 Å². The summed E-state index contributed by atoms with van der Waals surface area (Å²) in [5.41, 5.74) is 1.50. The first-order valence-electron chi connectivity index (χ1n) is 2.69. The van der Waals surface area contributed by atoms with Crippen LogP contribution in [0.25, 0.3) is 0 Å². The third kappa shape index (κ3) is 2.23. The quantitative estimate of drug-likeness (QED) is 0.532. The second-order valence-corrected chi connectivity index (χ2v) is 2.14. The van der Waals surface area contributed by atoms with Gasteiger partial charge in [-0.3, -0.25) is 0 Å². The highest BCUT2D eigenvalue weighted by Gasteiger charge is 2.09. The third-order valence-electron chi connectivity index (χ3n) is 1.14. The molecule has 0 saturated heterocycles. The molecule has 0 fully saturated rings. The Balaban J connectivity index is 3.35. The van der Waals surface area contributed by atoms with Gasteiger partial charge in [-0.25, -0.2) is 0 Å². The van der Waals surface area contributed by atoms with Crippen molar-refractivity contribution in [2.45, 2.75) is 19.9 Å². The molecule has 0 aliphatic carbocycles. The van der Waals surface area contributed by atoms with Gasteiger partial charge in [-0.2, -0.15) is 5.54 Å². The molecule has 0 aromatic rings. The Labute approximate surface area is 48.6 Å². The number of hydrogen-bond donors (Lipinski definition) is 2. The smallest absolute Gasteiger partial charge is 0.0625 e. The first-order valence-corrected chi connectivity index (χ1v) is 2.69. The van der Waals surface area contributed by atoms with Crippen molar-refractivity contribution in [3.05, 3.63) is 0 Å². The molecule has 2 N–H and O–H groups in total. The molecule has 1 atom stereocenters. The molecule has 0 unspecified atom stereocenters. The van der Waals surface area contributed by atoms with E-state index in [-0.39, 0.29) is 12.5 Å². The molecular formula is C5H12FNO. The maximum atomic E-state index is 11.5. The number of aliphatic hydroxyl groups excluding tert-OH is 1. The molecule has 8 heavy (non-hydrogen) atoms. The standard InChI is InChI=1S/C5H12FNO/c1-4(2)5(3-8)7-6/h4-5,7-8H,3H2,1-2H3/t5-/m1/s1. The molecule has 0 saturated carbocycles. The Morgan fingerprint density at radius 2 is 2.12 bits per heavy atom. The molecule has 3 heteroatoms. The van der Waals surface area contributed by atoms with Crippen LogP contribution < -0.4 is 5.54 Å². The van der Waals surface area contributed by atoms with Crippen LogP contribution in [0, 0.1) is 5.92 Å². The van der Waals surface area contributed by atoms with Gasteiger partial charge in [-0.15, -0.1) is 4.48 Å². The number of aliphatic hydroxyl groups is 1. The van der Waals surface area contributed by atoms with Gasteiger partial charge in [0, 0.05) is 0 Å². The Morgan fingerprint density at radius 1 is 1.62 bits per heavy atom. The van der Waals surface area contributed by atoms with Gasteiger partial charge in [0.2, 0.25) is 0 Å². The minimum atomic E-state index is -0.407. The van der Waals surface area contributed by atoms with Crippen molar-refractivity contribution in [3.63, 3.8) is 0 Å². The summed E-state index contributed by atoms with van der Waals surface area (Å²) in [6.07, 6.45) is 0. The van der Waals surface area contributed by atoms with E-state index in [0.29, 0.717) is 0 Å². The van der Waals surface area contributed by atoms with Crippen LogP contribution >= 0.6 is 0 Å². The largest absolute Gasteiger partial charge is 0.395 e. The van der Waals surface area contributed by atoms with Gasteiger partial charge in [0.25, 0.3) is 0 Å². The van der Waals surface area contributed by atoms with Gasteiger partial charge >= 0.3 is 0 Å². The van der Waals surface area contributed by atoms with Crippen LogP contribution in [0.1, 0.15) is 13.8 Å². The highest BCUT2D eigenvalue weighted by molar-refractivity contribution is 4.62. The summed E-state index contributed by atoms with van der Waals surface area (Å²) in [6, 6.07) is -0.407. The lowest BCUT2D eigenvalue weighted by Gasteiger charge is -2.12. The van der Waals surface area contributed by atoms with Gasteiger partial charge in [0.15, 0.2) is 0 Å². The lowest BCUT2D eigenvalue weighted by Crippen LogP contribution is -2.31. The van der Waals surface area contributed by atoms with E-state index < -0.39 is 6.04 Å². The van der Waals surface area contributed by atoms with Gasteiger partial charge in [0.05, 0.1) is 12.6 Å². The SMILES string of the molecule is CC(C)[C@@H](CO)NF. The van der Waals surface area contributed by atoms with Crippen molar-refractivity contribution < 1.29 is 9.59 Å². The van der Waals surface area contributed by atoms with Crippen LogP contribution in [-0.2, 0) is 0 Å². The monoisotopic (exact) mass is 121 g/mol. The molecule has 0 rings (SSSR count). The molecule has 0 amide bonds. The topological polar surface area (TPSA) is 32.3 Å². The summed E-state index contributed by atoms with van der Waals surface area (Å²) in [5, 5.41) is 8.39. The van der Waals surface area contributed by atoms with Crippen molar-refractivity contribution >= 4 is 0 Å². The van der Waals surface area contributed by atoms with Crippen LogP contribution in [0.2, 0.25) is 0 Å². The minimum absolute atomic E-state index is 0.144. The second-order valence-electron chi connectivity index (χ2n) is 2.14. The lowest BCUT2D eigenvalue weighted by molar-refractivity contribution is 0.146. The number of nitrogens with one attached hydrogen (secondary N) is 1. The lowest BCUT2D eigenvalue weighted by atomic mass is 10.1. The fourth-order valence-corrected chi connectivity index (χ4v) is 0.371. The molecule has 0 aromatic heterocycles. The minimum Gasteiger partial charge on any atom is -0.395 e. The van der Waals surface area contributed by atoms with E-state index in [1.165, 1.54) is 5.54 Å². The first kappa shape index (κ1) is 7.85. The van der Waals surface area contributed by atoms with Crippen LogP contribution in [0.4, 0.5) is 4.48 Å². The van der Waals surface area contributed by atoms with E-state index in [1.807, 2.05) is 13.8 Å². The van der Waals surface area contributed by atoms with E-state index >= 15 is 0 Å². The molecular weight excluding hydrogens is 109 g/mol. The predicted octanol–water partition coefficient (Wildman–Crippen LogP) is 0.477. The van der Waals surface area contributed by atoms with Gasteiger partial charge in [0.1, 0.15) is 0 Å². The molecule has 50 valence electrons. The molecule has 0 radical (unpaired) electrons. The summed E-state index contributed by atoms with van der Waals surface area (Å²) in [5.74, 6) is 0.144. The summed E-state index contributed by atoms with van der Waals surface area (Å²) >= 11 is 0. The van der Waals surface area contributed by atoms with Gasteiger partial charge < -0.3 is 5.11 Å². The Kier molecular flexibility index (Phi) is 3.73. The molecule has 0 aliphatic heterocycles. The maximum absolute atomic E-state index is 11.5. The van der Waals surface area contributed by atoms with Crippen LogP contribution in [-0.4, -0.2) is 17.8 Å². The van der Waals surface area contributed by atoms with Crippen LogP contribution in [0.15, 0.2) is 0 Å². The third-order valence-corrected chi connectivity index (χ3v) is 1.14. The maximum Gasteiger partial charge on any atom is 0.0625 e. The zero-order valence-electron chi connectivity index (χ0n) is 5.19. The van der Waals surface area contributed by atoms with Gasteiger partial charge in [-0.05, 0) is 5.92 Å². The van der Waals surface area contributed by atoms with E-state index in [0.717, 1.165) is 0 Å². The summed E-state index contributed by atoms with van der Waals surface area (Å²) in [4.78, 5) is 0. The summed E-state index contributed by atoms with van der Waals surface area (Å²) in [6.45, 7) is 3.54. The summed E-state index contributed by atoms with van der Waals surface area (Å²) in [7, 11) is 0. The van der Waals surface area contributed by atoms with E-state index in [2.05, 4.69) is 0 Å². The van der Waals surface area contributed by atoms with E-state index in [4.69, 9.17) is 5.11 Å². The van der Waals surface area contributed by atoms with Gasteiger partial charge in [-0.1, -0.05) is 13.8 Å². The normalized spacial score (nSPS) is 14.6. The first-order chi connectivity index (χ1) is 3.72. The second kappa shape index (κ2) is 3.80. The van der Waals surface area contributed by atoms with Crippen molar-refractivity contribution in [3.8, 4) is 0 Å². The average Bonchev–Trinajstić information content (AvgIpc) is 1.69. The number of hydrogen-bond acceptors (Lipinski definition) is 2. The highest BCUT2D eigenvalue weighted by atomic mass is 19.2. The highest BCUT2D eigenvalue weighted by Crippen LogP contribution is 1.98. The molecule has 0 aromatic carbocycles. The number of halogens is 1. The molecule has 2 nitrogen and oxygen atoms in total. The molecule has 0 spiro atoms. The van der Waals surface area contributed by atoms with Crippen molar-refractivity contribution in [2.75, 3.05) is 6.61 Å². The van der Waals surface area contributed by atoms with Crippen LogP contribution in [0.3, 0.4) is 0 Å². The van der Waals surface area contributed by atoms with E-state index in [1.54, 1.807) is 0 Å². The predicted molar refractivity (Wildman–Crippen MR) is 30.0 cm³/mol. The fraction of sp³-hybridized carbons (Fsp3) is 1.00. The molecule has 0 bridgehead atoms.